The third-order valence-corrected chi connectivity index (χ3v) is 5.06. The molecule has 3 rings (SSSR count). The lowest BCUT2D eigenvalue weighted by molar-refractivity contribution is 0.0403. The molecular weight excluding hydrogens is 398 g/mol. The minimum Gasteiger partial charge on any atom is -0.487 e. The van der Waals surface area contributed by atoms with Crippen molar-refractivity contribution in [1.82, 2.24) is 25.6 Å². The Morgan fingerprint density at radius 1 is 1.35 bits per heavy atom. The van der Waals surface area contributed by atoms with Gasteiger partial charge in [0.15, 0.2) is 0 Å². The van der Waals surface area contributed by atoms with E-state index in [0.29, 0.717) is 29.1 Å². The van der Waals surface area contributed by atoms with Gasteiger partial charge in [-0.25, -0.2) is 4.79 Å². The fourth-order valence-corrected chi connectivity index (χ4v) is 3.48. The number of amides is 2. The highest BCUT2D eigenvalue weighted by Crippen LogP contribution is 2.36. The summed E-state index contributed by atoms with van der Waals surface area (Å²) in [4.78, 5) is 27.4. The fraction of sp³-hybridized carbons (Fsp3) is 0.545. The monoisotopic (exact) mass is 429 g/mol. The Morgan fingerprint density at radius 2 is 2.06 bits per heavy atom. The number of fused-ring (bicyclic) bond motifs is 1. The lowest BCUT2D eigenvalue weighted by Gasteiger charge is -2.37. The molecule has 2 atom stereocenters. The van der Waals surface area contributed by atoms with Gasteiger partial charge in [0.05, 0.1) is 18.3 Å². The normalized spacial score (nSPS) is 19.3. The number of aromatic nitrogens is 3. The first kappa shape index (κ1) is 22.6. The van der Waals surface area contributed by atoms with E-state index in [-0.39, 0.29) is 30.5 Å². The van der Waals surface area contributed by atoms with Gasteiger partial charge >= 0.3 is 6.09 Å². The molecule has 0 saturated carbocycles. The van der Waals surface area contributed by atoms with Crippen molar-refractivity contribution in [2.75, 3.05) is 13.1 Å². The highest BCUT2D eigenvalue weighted by molar-refractivity contribution is 5.99. The molecule has 1 aromatic carbocycles. The van der Waals surface area contributed by atoms with Crippen LogP contribution in [0.25, 0.3) is 11.3 Å². The van der Waals surface area contributed by atoms with Gasteiger partial charge in [0.25, 0.3) is 5.91 Å². The largest absolute Gasteiger partial charge is 0.487 e. The van der Waals surface area contributed by atoms with Crippen LogP contribution in [-0.4, -0.2) is 63.1 Å². The summed E-state index contributed by atoms with van der Waals surface area (Å²) in [6.45, 7) is 12.2. The summed E-state index contributed by atoms with van der Waals surface area (Å²) in [6.07, 6.45) is 0.695. The smallest absolute Gasteiger partial charge is 0.407 e. The molecule has 9 nitrogen and oxygen atoms in total. The molecule has 31 heavy (non-hydrogen) atoms. The first-order valence-corrected chi connectivity index (χ1v) is 10.5. The van der Waals surface area contributed by atoms with Crippen LogP contribution in [0, 0.1) is 5.92 Å². The molecule has 2 N–H and O–H groups in total. The van der Waals surface area contributed by atoms with Crippen LogP contribution in [0.3, 0.4) is 0 Å². The minimum atomic E-state index is -0.592. The fourth-order valence-electron chi connectivity index (χ4n) is 3.48. The second-order valence-electron chi connectivity index (χ2n) is 9.11. The highest BCUT2D eigenvalue weighted by Gasteiger charge is 2.34. The van der Waals surface area contributed by atoms with Gasteiger partial charge in [-0.05, 0) is 46.8 Å². The first-order valence-electron chi connectivity index (χ1n) is 10.5. The molecule has 1 aliphatic heterocycles. The van der Waals surface area contributed by atoms with E-state index in [1.54, 1.807) is 12.3 Å². The minimum absolute atomic E-state index is 0.0103. The van der Waals surface area contributed by atoms with Crippen molar-refractivity contribution in [2.45, 2.75) is 59.3 Å². The Balaban J connectivity index is 1.96. The van der Waals surface area contributed by atoms with Gasteiger partial charge < -0.3 is 19.7 Å². The maximum absolute atomic E-state index is 13.3. The molecule has 168 valence electrons. The summed E-state index contributed by atoms with van der Waals surface area (Å²) in [5, 5.41) is 13.4. The molecule has 2 aromatic rings. The first-order chi connectivity index (χ1) is 14.6. The van der Waals surface area contributed by atoms with Gasteiger partial charge in [-0.15, -0.1) is 0 Å². The van der Waals surface area contributed by atoms with E-state index in [0.717, 1.165) is 0 Å². The molecule has 0 saturated heterocycles. The SMILES string of the molecule is CC(C)N1C[C@H](C)[C@@H](CNC(=O)OC(C)(C)C)Oc2c(cccc2-c2cn[nH]n2)C1=O. The Kier molecular flexibility index (Phi) is 6.52. The van der Waals surface area contributed by atoms with Crippen LogP contribution in [0.4, 0.5) is 4.79 Å². The Labute approximate surface area is 182 Å². The number of rotatable bonds is 4. The second-order valence-corrected chi connectivity index (χ2v) is 9.11. The van der Waals surface area contributed by atoms with E-state index in [1.165, 1.54) is 0 Å². The molecule has 0 spiro atoms. The zero-order chi connectivity index (χ0) is 22.8. The second kappa shape index (κ2) is 8.95. The van der Waals surface area contributed by atoms with Gasteiger partial charge in [-0.1, -0.05) is 13.0 Å². The topological polar surface area (TPSA) is 109 Å². The Bertz CT molecular complexity index is 920. The molecule has 0 bridgehead atoms. The molecule has 0 fully saturated rings. The predicted molar refractivity (Wildman–Crippen MR) is 116 cm³/mol. The molecule has 0 unspecified atom stereocenters. The summed E-state index contributed by atoms with van der Waals surface area (Å²) in [7, 11) is 0. The summed E-state index contributed by atoms with van der Waals surface area (Å²) in [5.74, 6) is 0.301. The van der Waals surface area contributed by atoms with Crippen LogP contribution in [0.15, 0.2) is 24.4 Å². The summed E-state index contributed by atoms with van der Waals surface area (Å²) >= 11 is 0. The highest BCUT2D eigenvalue weighted by atomic mass is 16.6. The van der Waals surface area contributed by atoms with Gasteiger partial charge in [-0.2, -0.15) is 15.4 Å². The van der Waals surface area contributed by atoms with Gasteiger partial charge in [0.1, 0.15) is 23.1 Å². The summed E-state index contributed by atoms with van der Waals surface area (Å²) in [6, 6.07) is 5.41. The molecule has 1 aliphatic rings. The molecule has 1 aromatic heterocycles. The maximum atomic E-state index is 13.3. The number of carbonyl (C=O) groups excluding carboxylic acids is 2. The van der Waals surface area contributed by atoms with E-state index in [4.69, 9.17) is 9.47 Å². The predicted octanol–water partition coefficient (Wildman–Crippen LogP) is 3.24. The van der Waals surface area contributed by atoms with E-state index in [1.807, 2.05) is 58.6 Å². The Hall–Kier alpha value is -3.10. The van der Waals surface area contributed by atoms with Crippen molar-refractivity contribution in [1.29, 1.82) is 0 Å². The summed E-state index contributed by atoms with van der Waals surface area (Å²) < 4.78 is 11.7. The number of para-hydroxylation sites is 1. The quantitative estimate of drug-likeness (QED) is 0.772. The number of alkyl carbamates (subject to hydrolysis) is 1. The third kappa shape index (κ3) is 5.34. The van der Waals surface area contributed by atoms with E-state index in [9.17, 15) is 9.59 Å². The standard InChI is InChI=1S/C22H31N5O4/c1-13(2)27-12-14(3)18(11-23-21(29)31-22(4,5)6)30-19-15(17-10-24-26-25-17)8-7-9-16(19)20(27)28/h7-10,13-14,18H,11-12H2,1-6H3,(H,23,29)(H,24,25,26)/t14-,18+/m0/s1. The van der Waals surface area contributed by atoms with Crippen molar-refractivity contribution >= 4 is 12.0 Å². The lowest BCUT2D eigenvalue weighted by atomic mass is 9.98. The number of hydrogen-bond acceptors (Lipinski definition) is 6. The zero-order valence-corrected chi connectivity index (χ0v) is 18.9. The zero-order valence-electron chi connectivity index (χ0n) is 18.9. The molecule has 0 aliphatic carbocycles. The van der Waals surface area contributed by atoms with Gasteiger partial charge in [0, 0.05) is 24.1 Å². The van der Waals surface area contributed by atoms with Crippen LogP contribution >= 0.6 is 0 Å². The maximum Gasteiger partial charge on any atom is 0.407 e. The molecule has 2 heterocycles. The van der Waals surface area contributed by atoms with Crippen molar-refractivity contribution in [2.24, 2.45) is 5.92 Å². The number of carbonyl (C=O) groups is 2. The average molecular weight is 430 g/mol. The number of nitrogens with one attached hydrogen (secondary N) is 2. The lowest BCUT2D eigenvalue weighted by Crippen LogP contribution is -2.49. The van der Waals surface area contributed by atoms with Crippen molar-refractivity contribution in [3.8, 4) is 17.0 Å². The van der Waals surface area contributed by atoms with Crippen LogP contribution in [0.2, 0.25) is 0 Å². The Morgan fingerprint density at radius 3 is 2.68 bits per heavy atom. The summed E-state index contributed by atoms with van der Waals surface area (Å²) in [5.41, 5.74) is 1.11. The van der Waals surface area contributed by atoms with E-state index < -0.39 is 11.7 Å². The number of benzene rings is 1. The molecular formula is C22H31N5O4. The average Bonchev–Trinajstić information content (AvgIpc) is 3.20. The molecule has 0 radical (unpaired) electrons. The molecule has 2 amide bonds. The van der Waals surface area contributed by atoms with Gasteiger partial charge in [-0.3, -0.25) is 4.79 Å². The van der Waals surface area contributed by atoms with Gasteiger partial charge in [0.2, 0.25) is 0 Å². The van der Waals surface area contributed by atoms with Crippen LogP contribution in [0.5, 0.6) is 5.75 Å². The number of ether oxygens (including phenoxy) is 2. The van der Waals surface area contributed by atoms with Crippen molar-refractivity contribution < 1.29 is 19.1 Å². The third-order valence-electron chi connectivity index (χ3n) is 5.06. The number of hydrogen-bond donors (Lipinski definition) is 2. The van der Waals surface area contributed by atoms with Crippen molar-refractivity contribution in [3.63, 3.8) is 0 Å². The van der Waals surface area contributed by atoms with E-state index >= 15 is 0 Å². The number of H-pyrrole nitrogens is 1. The van der Waals surface area contributed by atoms with Crippen LogP contribution < -0.4 is 10.1 Å². The number of aromatic amines is 1. The van der Waals surface area contributed by atoms with Crippen molar-refractivity contribution in [3.05, 3.63) is 30.0 Å². The van der Waals surface area contributed by atoms with E-state index in [2.05, 4.69) is 20.7 Å². The van der Waals surface area contributed by atoms with Crippen LogP contribution in [-0.2, 0) is 4.74 Å². The molecule has 9 heteroatoms. The number of nitrogens with zero attached hydrogens (tertiary/aromatic N) is 3. The van der Waals surface area contributed by atoms with Crippen LogP contribution in [0.1, 0.15) is 51.9 Å².